The second-order valence-corrected chi connectivity index (χ2v) is 8.60. The fourth-order valence-electron chi connectivity index (χ4n) is 4.34. The van der Waals surface area contributed by atoms with Crippen molar-refractivity contribution in [3.63, 3.8) is 0 Å². The lowest BCUT2D eigenvalue weighted by Gasteiger charge is -2.19. The summed E-state index contributed by atoms with van der Waals surface area (Å²) >= 11 is 0. The number of H-pyrrole nitrogens is 1. The molecule has 0 amide bonds. The molecule has 0 fully saturated rings. The summed E-state index contributed by atoms with van der Waals surface area (Å²) in [7, 11) is 0. The maximum atomic E-state index is 13.1. The van der Waals surface area contributed by atoms with E-state index in [1.165, 1.54) is 6.07 Å². The Labute approximate surface area is 201 Å². The highest BCUT2D eigenvalue weighted by Gasteiger charge is 2.18. The third-order valence-electron chi connectivity index (χ3n) is 6.10. The van der Waals surface area contributed by atoms with Crippen LogP contribution in [0.2, 0.25) is 0 Å². The lowest BCUT2D eigenvalue weighted by molar-refractivity contribution is 0.0698. The summed E-state index contributed by atoms with van der Waals surface area (Å²) in [4.78, 5) is 27.8. The van der Waals surface area contributed by atoms with E-state index in [-0.39, 0.29) is 17.0 Å². The Morgan fingerprint density at radius 1 is 0.971 bits per heavy atom. The van der Waals surface area contributed by atoms with Crippen molar-refractivity contribution in [3.8, 4) is 22.5 Å². The SMILES string of the molecule is Cc1cc(C(C)Nc2ccccc2C(=O)O)c2oc(-c3ccc(-c4cc[nH]c4)cc3)cc(=O)c2c1. The molecule has 0 aliphatic heterocycles. The number of para-hydroxylation sites is 1. The lowest BCUT2D eigenvalue weighted by Crippen LogP contribution is -2.12. The number of carboxylic acid groups (broad SMARTS) is 1. The average Bonchev–Trinajstić information content (AvgIpc) is 3.39. The Bertz CT molecular complexity index is 1580. The number of anilines is 1. The second-order valence-electron chi connectivity index (χ2n) is 8.60. The maximum Gasteiger partial charge on any atom is 0.337 e. The van der Waals surface area contributed by atoms with Gasteiger partial charge in [0.25, 0.3) is 0 Å². The number of benzene rings is 3. The first kappa shape index (κ1) is 22.2. The van der Waals surface area contributed by atoms with Gasteiger partial charge in [-0.25, -0.2) is 4.79 Å². The van der Waals surface area contributed by atoms with Crippen molar-refractivity contribution in [1.82, 2.24) is 4.98 Å². The highest BCUT2D eigenvalue weighted by Crippen LogP contribution is 2.32. The summed E-state index contributed by atoms with van der Waals surface area (Å²) in [5, 5.41) is 13.3. The van der Waals surface area contributed by atoms with Gasteiger partial charge in [0, 0.05) is 35.3 Å². The van der Waals surface area contributed by atoms with Gasteiger partial charge in [-0.2, -0.15) is 0 Å². The van der Waals surface area contributed by atoms with Gasteiger partial charge in [0.05, 0.1) is 17.0 Å². The molecule has 0 saturated carbocycles. The van der Waals surface area contributed by atoms with E-state index >= 15 is 0 Å². The molecule has 35 heavy (non-hydrogen) atoms. The Balaban J connectivity index is 1.57. The van der Waals surface area contributed by atoms with Gasteiger partial charge in [0.1, 0.15) is 11.3 Å². The van der Waals surface area contributed by atoms with Crippen molar-refractivity contribution in [3.05, 3.63) is 112 Å². The summed E-state index contributed by atoms with van der Waals surface area (Å²) in [5.41, 5.74) is 5.68. The molecule has 2 aromatic heterocycles. The van der Waals surface area contributed by atoms with Gasteiger partial charge in [0.15, 0.2) is 5.43 Å². The fraction of sp³-hybridized carbons (Fsp3) is 0.103. The monoisotopic (exact) mass is 464 g/mol. The largest absolute Gasteiger partial charge is 0.478 e. The van der Waals surface area contributed by atoms with Crippen molar-refractivity contribution >= 4 is 22.6 Å². The van der Waals surface area contributed by atoms with E-state index in [2.05, 4.69) is 10.3 Å². The van der Waals surface area contributed by atoms with Crippen LogP contribution in [-0.4, -0.2) is 16.1 Å². The van der Waals surface area contributed by atoms with Gasteiger partial charge in [-0.3, -0.25) is 4.79 Å². The van der Waals surface area contributed by atoms with Crippen LogP contribution in [0.3, 0.4) is 0 Å². The van der Waals surface area contributed by atoms with Crippen molar-refractivity contribution in [1.29, 1.82) is 0 Å². The third kappa shape index (κ3) is 4.34. The molecule has 0 radical (unpaired) electrons. The number of aromatic nitrogens is 1. The smallest absolute Gasteiger partial charge is 0.337 e. The van der Waals surface area contributed by atoms with Crippen LogP contribution in [0.5, 0.6) is 0 Å². The number of aromatic carboxylic acids is 1. The van der Waals surface area contributed by atoms with Gasteiger partial charge in [-0.15, -0.1) is 0 Å². The molecule has 0 aliphatic rings. The molecular formula is C29H24N2O4. The Kier molecular flexibility index (Phi) is 5.71. The molecule has 3 aromatic carbocycles. The van der Waals surface area contributed by atoms with Gasteiger partial charge in [-0.05, 0) is 54.8 Å². The highest BCUT2D eigenvalue weighted by atomic mass is 16.4. The number of carboxylic acids is 1. The Morgan fingerprint density at radius 2 is 1.71 bits per heavy atom. The number of aromatic amines is 1. The molecule has 174 valence electrons. The fourth-order valence-corrected chi connectivity index (χ4v) is 4.34. The predicted octanol–water partition coefficient (Wildman–Crippen LogP) is 6.63. The summed E-state index contributed by atoms with van der Waals surface area (Å²) < 4.78 is 6.32. The zero-order chi connectivity index (χ0) is 24.5. The van der Waals surface area contributed by atoms with Gasteiger partial charge in [-0.1, -0.05) is 42.5 Å². The standard InChI is InChI=1S/C29H24N2O4/c1-17-13-23(18(2)31-25-6-4-3-5-22(25)29(33)34)28-24(14-17)26(32)15-27(35-28)20-9-7-19(8-10-20)21-11-12-30-16-21/h3-16,18,30-31H,1-2H3,(H,33,34). The highest BCUT2D eigenvalue weighted by molar-refractivity contribution is 5.94. The topological polar surface area (TPSA) is 95.3 Å². The van der Waals surface area contributed by atoms with Crippen molar-refractivity contribution in [2.75, 3.05) is 5.32 Å². The van der Waals surface area contributed by atoms with Crippen LogP contribution in [-0.2, 0) is 0 Å². The van der Waals surface area contributed by atoms with Crippen molar-refractivity contribution in [2.24, 2.45) is 0 Å². The number of hydrogen-bond donors (Lipinski definition) is 3. The first-order chi connectivity index (χ1) is 16.9. The van der Waals surface area contributed by atoms with Crippen LogP contribution in [0.15, 0.2) is 94.4 Å². The van der Waals surface area contributed by atoms with Crippen molar-refractivity contribution < 1.29 is 14.3 Å². The van der Waals surface area contributed by atoms with E-state index in [0.29, 0.717) is 22.4 Å². The molecule has 5 rings (SSSR count). The van der Waals surface area contributed by atoms with E-state index in [0.717, 1.165) is 27.8 Å². The van der Waals surface area contributed by atoms with Crippen LogP contribution >= 0.6 is 0 Å². The predicted molar refractivity (Wildman–Crippen MR) is 138 cm³/mol. The van der Waals surface area contributed by atoms with E-state index in [1.54, 1.807) is 24.3 Å². The first-order valence-corrected chi connectivity index (χ1v) is 11.3. The summed E-state index contributed by atoms with van der Waals surface area (Å²) in [6.07, 6.45) is 3.80. The molecular weight excluding hydrogens is 440 g/mol. The molecule has 0 bridgehead atoms. The molecule has 6 heteroatoms. The number of rotatable bonds is 6. The summed E-state index contributed by atoms with van der Waals surface area (Å²) in [6, 6.07) is 21.6. The Morgan fingerprint density at radius 3 is 2.43 bits per heavy atom. The number of hydrogen-bond acceptors (Lipinski definition) is 4. The number of aryl methyl sites for hydroxylation is 1. The van der Waals surface area contributed by atoms with Gasteiger partial charge in [0.2, 0.25) is 0 Å². The number of fused-ring (bicyclic) bond motifs is 1. The molecule has 1 atom stereocenters. The minimum absolute atomic E-state index is 0.126. The average molecular weight is 465 g/mol. The molecule has 1 unspecified atom stereocenters. The summed E-state index contributed by atoms with van der Waals surface area (Å²) in [5.74, 6) is -0.530. The quantitative estimate of drug-likeness (QED) is 0.262. The van der Waals surface area contributed by atoms with Crippen LogP contribution in [0.1, 0.15) is 34.5 Å². The first-order valence-electron chi connectivity index (χ1n) is 11.3. The normalized spacial score (nSPS) is 11.9. The molecule has 0 aliphatic carbocycles. The zero-order valence-electron chi connectivity index (χ0n) is 19.3. The minimum atomic E-state index is -1.01. The number of nitrogens with one attached hydrogen (secondary N) is 2. The van der Waals surface area contributed by atoms with Crippen molar-refractivity contribution in [2.45, 2.75) is 19.9 Å². The lowest BCUT2D eigenvalue weighted by atomic mass is 10.00. The molecule has 0 saturated heterocycles. The maximum absolute atomic E-state index is 13.1. The third-order valence-corrected chi connectivity index (χ3v) is 6.10. The van der Waals surface area contributed by atoms with E-state index in [4.69, 9.17) is 4.42 Å². The molecule has 0 spiro atoms. The van der Waals surface area contributed by atoms with Crippen LogP contribution in [0, 0.1) is 6.92 Å². The molecule has 6 nitrogen and oxygen atoms in total. The zero-order valence-corrected chi connectivity index (χ0v) is 19.3. The van der Waals surface area contributed by atoms with Crippen LogP contribution < -0.4 is 10.7 Å². The second kappa shape index (κ2) is 8.99. The van der Waals surface area contributed by atoms with Crippen LogP contribution in [0.25, 0.3) is 33.4 Å². The minimum Gasteiger partial charge on any atom is -0.478 e. The van der Waals surface area contributed by atoms with E-state index in [1.807, 2.05) is 68.7 Å². The molecule has 2 heterocycles. The Hall–Kier alpha value is -4.58. The van der Waals surface area contributed by atoms with E-state index < -0.39 is 5.97 Å². The van der Waals surface area contributed by atoms with Gasteiger partial charge < -0.3 is 19.8 Å². The van der Waals surface area contributed by atoms with Gasteiger partial charge >= 0.3 is 5.97 Å². The molecule has 5 aromatic rings. The summed E-state index contributed by atoms with van der Waals surface area (Å²) in [6.45, 7) is 3.85. The molecule has 3 N–H and O–H groups in total. The van der Waals surface area contributed by atoms with Crippen LogP contribution in [0.4, 0.5) is 5.69 Å². The number of carbonyl (C=O) groups is 1. The van der Waals surface area contributed by atoms with E-state index in [9.17, 15) is 14.7 Å².